The summed E-state index contributed by atoms with van der Waals surface area (Å²) in [6.45, 7) is 6.28. The van der Waals surface area contributed by atoms with Crippen molar-refractivity contribution in [2.45, 2.75) is 59.0 Å². The molecule has 0 heterocycles. The van der Waals surface area contributed by atoms with Crippen LogP contribution in [-0.4, -0.2) is 28.9 Å². The average Bonchev–Trinajstić information content (AvgIpc) is 3.35. The van der Waals surface area contributed by atoms with Gasteiger partial charge >= 0.3 is 5.97 Å². The van der Waals surface area contributed by atoms with Crippen molar-refractivity contribution in [3.8, 4) is 0 Å². The molecule has 148 valence electrons. The van der Waals surface area contributed by atoms with Crippen molar-refractivity contribution in [1.82, 2.24) is 10.6 Å². The van der Waals surface area contributed by atoms with Crippen LogP contribution in [0.25, 0.3) is 0 Å². The van der Waals surface area contributed by atoms with Crippen LogP contribution >= 0.6 is 0 Å². The Kier molecular flexibility index (Phi) is 6.99. The second kappa shape index (κ2) is 9.02. The van der Waals surface area contributed by atoms with Crippen LogP contribution in [0.15, 0.2) is 30.3 Å². The Hall–Kier alpha value is -2.37. The van der Waals surface area contributed by atoms with Gasteiger partial charge in [0.1, 0.15) is 6.04 Å². The minimum atomic E-state index is -1.00. The van der Waals surface area contributed by atoms with E-state index in [0.717, 1.165) is 18.4 Å². The smallest absolute Gasteiger partial charge is 0.304 e. The van der Waals surface area contributed by atoms with Crippen molar-refractivity contribution in [2.75, 3.05) is 0 Å². The van der Waals surface area contributed by atoms with Gasteiger partial charge in [-0.15, -0.1) is 0 Å². The van der Waals surface area contributed by atoms with E-state index in [2.05, 4.69) is 10.6 Å². The molecule has 1 aromatic rings. The average molecular weight is 374 g/mol. The molecule has 1 saturated carbocycles. The first-order chi connectivity index (χ1) is 12.7. The maximum absolute atomic E-state index is 12.8. The minimum absolute atomic E-state index is 0.196. The summed E-state index contributed by atoms with van der Waals surface area (Å²) in [5.41, 5.74) is 0.725. The van der Waals surface area contributed by atoms with Crippen molar-refractivity contribution in [1.29, 1.82) is 0 Å². The Bertz CT molecular complexity index is 668. The van der Waals surface area contributed by atoms with E-state index in [1.54, 1.807) is 0 Å². The lowest BCUT2D eigenvalue weighted by molar-refractivity contribution is -0.142. The van der Waals surface area contributed by atoms with Gasteiger partial charge in [-0.25, -0.2) is 0 Å². The van der Waals surface area contributed by atoms with Gasteiger partial charge in [0, 0.05) is 12.5 Å². The number of carboxylic acids is 1. The van der Waals surface area contributed by atoms with Crippen LogP contribution in [0.4, 0.5) is 0 Å². The van der Waals surface area contributed by atoms with Crippen molar-refractivity contribution in [3.63, 3.8) is 0 Å². The highest BCUT2D eigenvalue weighted by Gasteiger charge is 2.49. The fraction of sp³-hybridized carbons (Fsp3) is 0.571. The van der Waals surface area contributed by atoms with Crippen molar-refractivity contribution in [3.05, 3.63) is 35.9 Å². The molecule has 6 nitrogen and oxygen atoms in total. The SMILES string of the molecule is CC(C)C[C@H](CC(=O)O)C(=O)NC(C(=O)NCc1ccccc1)C1(C)CC1. The normalized spacial score (nSPS) is 17.0. The monoisotopic (exact) mass is 374 g/mol. The van der Waals surface area contributed by atoms with Crippen molar-refractivity contribution < 1.29 is 19.5 Å². The van der Waals surface area contributed by atoms with Crippen LogP contribution < -0.4 is 10.6 Å². The largest absolute Gasteiger partial charge is 0.481 e. The fourth-order valence-corrected chi connectivity index (χ4v) is 3.25. The zero-order valence-corrected chi connectivity index (χ0v) is 16.3. The molecule has 2 rings (SSSR count). The lowest BCUT2D eigenvalue weighted by Crippen LogP contribution is -2.52. The number of nitrogens with one attached hydrogen (secondary N) is 2. The molecule has 0 aromatic heterocycles. The second-order valence-corrected chi connectivity index (χ2v) is 8.22. The number of aliphatic carboxylic acids is 1. The lowest BCUT2D eigenvalue weighted by Gasteiger charge is -2.26. The molecule has 0 bridgehead atoms. The minimum Gasteiger partial charge on any atom is -0.481 e. The molecular formula is C21H30N2O4. The van der Waals surface area contributed by atoms with Crippen LogP contribution in [-0.2, 0) is 20.9 Å². The van der Waals surface area contributed by atoms with Gasteiger partial charge in [-0.2, -0.15) is 0 Å². The third-order valence-electron chi connectivity index (χ3n) is 5.14. The molecular weight excluding hydrogens is 344 g/mol. The molecule has 0 radical (unpaired) electrons. The zero-order valence-electron chi connectivity index (χ0n) is 16.3. The molecule has 1 aromatic carbocycles. The van der Waals surface area contributed by atoms with E-state index in [0.29, 0.717) is 13.0 Å². The first-order valence-corrected chi connectivity index (χ1v) is 9.55. The number of hydrogen-bond donors (Lipinski definition) is 3. The lowest BCUT2D eigenvalue weighted by atomic mass is 9.91. The molecule has 1 aliphatic carbocycles. The number of amides is 2. The van der Waals surface area contributed by atoms with E-state index in [1.807, 2.05) is 51.1 Å². The van der Waals surface area contributed by atoms with E-state index in [4.69, 9.17) is 5.11 Å². The third kappa shape index (κ3) is 6.38. The van der Waals surface area contributed by atoms with Gasteiger partial charge in [0.05, 0.1) is 6.42 Å². The Morgan fingerprint density at radius 3 is 2.26 bits per heavy atom. The van der Waals surface area contributed by atoms with E-state index < -0.39 is 17.9 Å². The number of carboxylic acid groups (broad SMARTS) is 1. The van der Waals surface area contributed by atoms with Gasteiger partial charge in [-0.3, -0.25) is 14.4 Å². The standard InChI is InChI=1S/C21H30N2O4/c1-14(2)11-16(12-17(24)25)19(26)23-18(21(3)9-10-21)20(27)22-13-15-7-5-4-6-8-15/h4-8,14,16,18H,9-13H2,1-3H3,(H,22,27)(H,23,26)(H,24,25)/t16-,18?/m1/s1. The quantitative estimate of drug-likeness (QED) is 0.587. The summed E-state index contributed by atoms with van der Waals surface area (Å²) in [5.74, 6) is -2.00. The number of benzene rings is 1. The topological polar surface area (TPSA) is 95.5 Å². The van der Waals surface area contributed by atoms with Crippen LogP contribution in [0, 0.1) is 17.3 Å². The van der Waals surface area contributed by atoms with Crippen molar-refractivity contribution >= 4 is 17.8 Å². The van der Waals surface area contributed by atoms with E-state index in [1.165, 1.54) is 0 Å². The zero-order chi connectivity index (χ0) is 20.0. The molecule has 2 amide bonds. The maximum atomic E-state index is 12.8. The van der Waals surface area contributed by atoms with Gasteiger partial charge in [-0.05, 0) is 36.2 Å². The van der Waals surface area contributed by atoms with Gasteiger partial charge < -0.3 is 15.7 Å². The highest BCUT2D eigenvalue weighted by molar-refractivity contribution is 5.90. The second-order valence-electron chi connectivity index (χ2n) is 8.22. The molecule has 0 spiro atoms. The molecule has 0 aliphatic heterocycles. The van der Waals surface area contributed by atoms with Crippen LogP contribution in [0.5, 0.6) is 0 Å². The summed E-state index contributed by atoms with van der Waals surface area (Å²) in [6.07, 6.45) is 1.99. The molecule has 3 N–H and O–H groups in total. The number of rotatable bonds is 10. The van der Waals surface area contributed by atoms with Gasteiger partial charge in [-0.1, -0.05) is 51.1 Å². The highest BCUT2D eigenvalue weighted by Crippen LogP contribution is 2.48. The third-order valence-corrected chi connectivity index (χ3v) is 5.14. The molecule has 1 unspecified atom stereocenters. The van der Waals surface area contributed by atoms with Crippen LogP contribution in [0.3, 0.4) is 0 Å². The first-order valence-electron chi connectivity index (χ1n) is 9.55. The predicted octanol–water partition coefficient (Wildman–Crippen LogP) is 2.72. The predicted molar refractivity (Wildman–Crippen MR) is 103 cm³/mol. The fourth-order valence-electron chi connectivity index (χ4n) is 3.25. The Morgan fingerprint density at radius 1 is 1.11 bits per heavy atom. The number of hydrogen-bond acceptors (Lipinski definition) is 3. The first kappa shape index (κ1) is 20.9. The van der Waals surface area contributed by atoms with Crippen molar-refractivity contribution in [2.24, 2.45) is 17.3 Å². The van der Waals surface area contributed by atoms with E-state index >= 15 is 0 Å². The van der Waals surface area contributed by atoms with E-state index in [-0.39, 0.29) is 29.6 Å². The summed E-state index contributed by atoms with van der Waals surface area (Å²) in [7, 11) is 0. The highest BCUT2D eigenvalue weighted by atomic mass is 16.4. The van der Waals surface area contributed by atoms with Gasteiger partial charge in [0.2, 0.25) is 11.8 Å². The Labute approximate surface area is 160 Å². The van der Waals surface area contributed by atoms with Crippen LogP contribution in [0.1, 0.15) is 52.0 Å². The van der Waals surface area contributed by atoms with E-state index in [9.17, 15) is 14.4 Å². The molecule has 1 aliphatic rings. The molecule has 0 saturated heterocycles. The molecule has 6 heteroatoms. The Morgan fingerprint density at radius 2 is 1.74 bits per heavy atom. The molecule has 1 fully saturated rings. The summed E-state index contributed by atoms with van der Waals surface area (Å²) >= 11 is 0. The Balaban J connectivity index is 2.03. The molecule has 2 atom stereocenters. The van der Waals surface area contributed by atoms with Gasteiger partial charge in [0.15, 0.2) is 0 Å². The maximum Gasteiger partial charge on any atom is 0.304 e. The summed E-state index contributed by atoms with van der Waals surface area (Å²) in [4.78, 5) is 36.6. The molecule has 27 heavy (non-hydrogen) atoms. The van der Waals surface area contributed by atoms with Crippen LogP contribution in [0.2, 0.25) is 0 Å². The van der Waals surface area contributed by atoms with Gasteiger partial charge in [0.25, 0.3) is 0 Å². The number of carbonyl (C=O) groups is 3. The summed E-state index contributed by atoms with van der Waals surface area (Å²) < 4.78 is 0. The summed E-state index contributed by atoms with van der Waals surface area (Å²) in [5, 5.41) is 14.9. The summed E-state index contributed by atoms with van der Waals surface area (Å²) in [6, 6.07) is 8.95. The number of carbonyl (C=O) groups excluding carboxylic acids is 2.